The molecule has 0 amide bonds. The maximum Gasteiger partial charge on any atom is 0.124 e. The Morgan fingerprint density at radius 3 is 2.76 bits per heavy atom. The number of allylic oxidation sites excluding steroid dienone is 2. The minimum Gasteiger partial charge on any atom is -0.382 e. The van der Waals surface area contributed by atoms with E-state index < -0.39 is 0 Å². The highest BCUT2D eigenvalue weighted by atomic mass is 15.2. The molecule has 0 aliphatic carbocycles. The number of likely N-dealkylation sites (tertiary alicyclic amines) is 1. The molecule has 3 nitrogen and oxygen atoms in total. The summed E-state index contributed by atoms with van der Waals surface area (Å²) >= 11 is 0. The van der Waals surface area contributed by atoms with Crippen molar-refractivity contribution >= 4 is 24.1 Å². The minimum absolute atomic E-state index is 0.0771. The van der Waals surface area contributed by atoms with E-state index in [9.17, 15) is 0 Å². The number of benzene rings is 2. The predicted molar refractivity (Wildman–Crippen MR) is 147 cm³/mol. The van der Waals surface area contributed by atoms with Crippen molar-refractivity contribution in [2.45, 2.75) is 58.7 Å². The first kappa shape index (κ1) is 23.8. The molecule has 0 aromatic heterocycles. The Bertz CT molecular complexity index is 1250. The van der Waals surface area contributed by atoms with Gasteiger partial charge in [0.05, 0.1) is 12.1 Å². The second-order valence-corrected chi connectivity index (χ2v) is 8.92. The third-order valence-electron chi connectivity index (χ3n) is 6.75. The van der Waals surface area contributed by atoms with Gasteiger partial charge in [-0.15, -0.1) is 0 Å². The predicted octanol–water partition coefficient (Wildman–Crippen LogP) is 5.27. The van der Waals surface area contributed by atoms with E-state index in [4.69, 9.17) is 4.99 Å². The van der Waals surface area contributed by atoms with Crippen LogP contribution in [0.25, 0.3) is 18.2 Å². The standard InChI is InChI=1S/C29H31N3.C2H6/c1-4-5-12-23-21(3)10-7-13-24(23)25-19-30-26-15-16-28(31-29(25)26)32-17-8-14-27(32)22-11-6-9-20(2)18-22;1-2/h4-7,9-13,15-16,18-19,26-27,29-30H,3,8,14,17H2,1-2H3;1-2H3/b5-4-,23-12+;. The van der Waals surface area contributed by atoms with Crippen LogP contribution in [0.5, 0.6) is 0 Å². The Morgan fingerprint density at radius 2 is 1.97 bits per heavy atom. The molecule has 1 fully saturated rings. The van der Waals surface area contributed by atoms with Crippen LogP contribution < -0.4 is 15.8 Å². The fourth-order valence-electron chi connectivity index (χ4n) is 5.17. The molecule has 34 heavy (non-hydrogen) atoms. The van der Waals surface area contributed by atoms with Crippen LogP contribution in [0, 0.1) is 6.92 Å². The number of hydrogen-bond acceptors (Lipinski definition) is 3. The third-order valence-corrected chi connectivity index (χ3v) is 6.75. The molecular formula is C31H37N3. The molecule has 1 N–H and O–H groups in total. The number of nitrogens with one attached hydrogen (secondary N) is 1. The van der Waals surface area contributed by atoms with Gasteiger partial charge in [0.25, 0.3) is 0 Å². The van der Waals surface area contributed by atoms with Crippen molar-refractivity contribution in [1.29, 1.82) is 0 Å². The number of amidine groups is 1. The van der Waals surface area contributed by atoms with Crippen LogP contribution in [0.2, 0.25) is 0 Å². The maximum atomic E-state index is 5.31. The zero-order chi connectivity index (χ0) is 24.1. The average Bonchev–Trinajstić information content (AvgIpc) is 3.51. The molecule has 3 heterocycles. The lowest BCUT2D eigenvalue weighted by Gasteiger charge is -2.31. The van der Waals surface area contributed by atoms with Crippen LogP contribution in [0.4, 0.5) is 0 Å². The summed E-state index contributed by atoms with van der Waals surface area (Å²) < 4.78 is 0. The lowest BCUT2D eigenvalue weighted by Crippen LogP contribution is -2.38. The van der Waals surface area contributed by atoms with Gasteiger partial charge in [0.15, 0.2) is 0 Å². The second-order valence-electron chi connectivity index (χ2n) is 8.92. The smallest absolute Gasteiger partial charge is 0.124 e. The van der Waals surface area contributed by atoms with Gasteiger partial charge in [-0.1, -0.05) is 92.8 Å². The molecule has 2 aromatic carbocycles. The van der Waals surface area contributed by atoms with Gasteiger partial charge >= 0.3 is 0 Å². The summed E-state index contributed by atoms with van der Waals surface area (Å²) in [7, 11) is 0. The summed E-state index contributed by atoms with van der Waals surface area (Å²) in [6.45, 7) is 13.5. The molecule has 3 aliphatic rings. The molecule has 3 heteroatoms. The molecular weight excluding hydrogens is 414 g/mol. The van der Waals surface area contributed by atoms with Crippen LogP contribution in [0.1, 0.15) is 56.3 Å². The van der Waals surface area contributed by atoms with Gasteiger partial charge in [0.2, 0.25) is 0 Å². The van der Waals surface area contributed by atoms with Crippen LogP contribution in [-0.4, -0.2) is 29.4 Å². The van der Waals surface area contributed by atoms with Crippen LogP contribution in [-0.2, 0) is 0 Å². The topological polar surface area (TPSA) is 27.6 Å². The molecule has 3 unspecified atom stereocenters. The summed E-state index contributed by atoms with van der Waals surface area (Å²) in [6, 6.07) is 16.0. The number of rotatable bonds is 3. The monoisotopic (exact) mass is 451 g/mol. The van der Waals surface area contributed by atoms with E-state index >= 15 is 0 Å². The molecule has 0 saturated carbocycles. The molecule has 2 aromatic rings. The highest BCUT2D eigenvalue weighted by Gasteiger charge is 2.35. The van der Waals surface area contributed by atoms with Gasteiger partial charge in [-0.05, 0) is 54.3 Å². The fourth-order valence-corrected chi connectivity index (χ4v) is 5.17. The molecule has 3 aliphatic heterocycles. The summed E-state index contributed by atoms with van der Waals surface area (Å²) in [4.78, 5) is 7.81. The van der Waals surface area contributed by atoms with Gasteiger partial charge in [-0.25, -0.2) is 0 Å². The quantitative estimate of drug-likeness (QED) is 0.688. The van der Waals surface area contributed by atoms with E-state index in [0.717, 1.165) is 17.6 Å². The summed E-state index contributed by atoms with van der Waals surface area (Å²) in [5, 5.41) is 5.76. The lowest BCUT2D eigenvalue weighted by molar-refractivity contribution is 0.397. The van der Waals surface area contributed by atoms with E-state index in [1.807, 2.05) is 20.8 Å². The summed E-state index contributed by atoms with van der Waals surface area (Å²) in [5.41, 5.74) is 5.17. The van der Waals surface area contributed by atoms with E-state index in [0.29, 0.717) is 6.04 Å². The Morgan fingerprint density at radius 1 is 1.15 bits per heavy atom. The van der Waals surface area contributed by atoms with E-state index in [2.05, 4.69) is 103 Å². The minimum atomic E-state index is 0.0771. The zero-order valence-electron chi connectivity index (χ0n) is 21.0. The van der Waals surface area contributed by atoms with Crippen molar-refractivity contribution < 1.29 is 0 Å². The zero-order valence-corrected chi connectivity index (χ0v) is 21.0. The number of dihydropyridines is 1. The van der Waals surface area contributed by atoms with Gasteiger partial charge < -0.3 is 10.2 Å². The van der Waals surface area contributed by atoms with Crippen LogP contribution in [0.15, 0.2) is 78.0 Å². The molecule has 0 bridgehead atoms. The van der Waals surface area contributed by atoms with Crippen LogP contribution >= 0.6 is 0 Å². The number of fused-ring (bicyclic) bond motifs is 1. The summed E-state index contributed by atoms with van der Waals surface area (Å²) in [5.74, 6) is 1.11. The first-order valence-electron chi connectivity index (χ1n) is 12.6. The first-order valence-corrected chi connectivity index (χ1v) is 12.6. The number of aliphatic imine (C=N–C) groups is 1. The van der Waals surface area contributed by atoms with Crippen molar-refractivity contribution in [3.8, 4) is 0 Å². The number of hydrogen-bond donors (Lipinski definition) is 1. The Balaban J connectivity index is 0.00000133. The highest BCUT2D eigenvalue weighted by molar-refractivity contribution is 5.96. The molecule has 0 spiro atoms. The van der Waals surface area contributed by atoms with Crippen molar-refractivity contribution in [3.63, 3.8) is 0 Å². The van der Waals surface area contributed by atoms with Crippen molar-refractivity contribution in [2.75, 3.05) is 6.54 Å². The van der Waals surface area contributed by atoms with E-state index in [1.54, 1.807) is 0 Å². The Labute approximate surface area is 204 Å². The van der Waals surface area contributed by atoms with Gasteiger partial charge in [-0.3, -0.25) is 4.99 Å². The normalized spacial score (nSPS) is 23.8. The Hall–Kier alpha value is -3.33. The molecule has 176 valence electrons. The molecule has 0 radical (unpaired) electrons. The van der Waals surface area contributed by atoms with Gasteiger partial charge in [-0.2, -0.15) is 0 Å². The van der Waals surface area contributed by atoms with Gasteiger partial charge in [0.1, 0.15) is 11.9 Å². The van der Waals surface area contributed by atoms with Gasteiger partial charge in [0, 0.05) is 18.3 Å². The molecule has 5 rings (SSSR count). The van der Waals surface area contributed by atoms with Crippen LogP contribution in [0.3, 0.4) is 0 Å². The number of nitrogens with zero attached hydrogens (tertiary/aromatic N) is 2. The first-order chi connectivity index (χ1) is 16.7. The molecule has 1 saturated heterocycles. The second kappa shape index (κ2) is 10.7. The van der Waals surface area contributed by atoms with E-state index in [-0.39, 0.29) is 12.1 Å². The number of aryl methyl sites for hydroxylation is 1. The average molecular weight is 452 g/mol. The maximum absolute atomic E-state index is 5.31. The van der Waals surface area contributed by atoms with E-state index in [1.165, 1.54) is 40.3 Å². The summed E-state index contributed by atoms with van der Waals surface area (Å²) in [6.07, 6.45) is 15.3. The third kappa shape index (κ3) is 4.65. The SMILES string of the molecule is C=c1cccc(C2=CNC3C=CC(N4CCCC4c4cccc(C)c4)=NC23)/c1=C/C=C\C.CC. The largest absolute Gasteiger partial charge is 0.382 e. The molecule has 3 atom stereocenters. The van der Waals surface area contributed by atoms with Crippen molar-refractivity contribution in [1.82, 2.24) is 10.2 Å². The Kier molecular flexibility index (Phi) is 7.52. The highest BCUT2D eigenvalue weighted by Crippen LogP contribution is 2.35. The van der Waals surface area contributed by atoms with Crippen molar-refractivity contribution in [2.24, 2.45) is 4.99 Å². The lowest BCUT2D eigenvalue weighted by atomic mass is 9.93. The van der Waals surface area contributed by atoms with Crippen molar-refractivity contribution in [3.05, 3.63) is 100 Å². The fraction of sp³-hybridized carbons (Fsp3) is 0.323.